The van der Waals surface area contributed by atoms with Crippen LogP contribution >= 0.6 is 0 Å². The minimum atomic E-state index is -0.864. The molecule has 2 aromatic heterocycles. The molecular formula is C37H40F2N6O. The van der Waals surface area contributed by atoms with Crippen LogP contribution in [0, 0.1) is 42.8 Å². The minimum Gasteiger partial charge on any atom is -0.461 e. The normalized spacial score (nSPS) is 25.8. The predicted molar refractivity (Wildman–Crippen MR) is 175 cm³/mol. The van der Waals surface area contributed by atoms with Gasteiger partial charge in [0.25, 0.3) is 0 Å². The molecule has 0 amide bonds. The summed E-state index contributed by atoms with van der Waals surface area (Å²) >= 11 is 0. The average molecular weight is 623 g/mol. The largest absolute Gasteiger partial charge is 0.461 e. The summed E-state index contributed by atoms with van der Waals surface area (Å²) < 4.78 is 38.1. The number of alkyl halides is 1. The van der Waals surface area contributed by atoms with Crippen molar-refractivity contribution in [2.75, 3.05) is 37.7 Å². The maximum atomic E-state index is 17.1. The summed E-state index contributed by atoms with van der Waals surface area (Å²) in [6.45, 7) is 7.26. The number of fused-ring (bicyclic) bond motifs is 5. The fourth-order valence-electron chi connectivity index (χ4n) is 9.05. The van der Waals surface area contributed by atoms with Crippen LogP contribution in [-0.2, 0) is 6.42 Å². The molecule has 2 aromatic carbocycles. The number of pyridine rings is 1. The lowest BCUT2D eigenvalue weighted by Gasteiger charge is -2.34. The van der Waals surface area contributed by atoms with Crippen LogP contribution in [0.25, 0.3) is 32.9 Å². The molecule has 4 atom stereocenters. The highest BCUT2D eigenvalue weighted by Crippen LogP contribution is 2.44. The highest BCUT2D eigenvalue weighted by Gasteiger charge is 2.49. The molecule has 8 rings (SSSR count). The van der Waals surface area contributed by atoms with Crippen LogP contribution in [0.1, 0.15) is 61.8 Å². The first kappa shape index (κ1) is 29.5. The molecule has 4 fully saturated rings. The van der Waals surface area contributed by atoms with Crippen molar-refractivity contribution in [2.24, 2.45) is 11.8 Å². The van der Waals surface area contributed by atoms with Gasteiger partial charge in [-0.2, -0.15) is 15.2 Å². The van der Waals surface area contributed by atoms with E-state index in [1.54, 1.807) is 0 Å². The van der Waals surface area contributed by atoms with E-state index in [1.807, 2.05) is 38.1 Å². The van der Waals surface area contributed by atoms with E-state index in [2.05, 4.69) is 21.9 Å². The molecule has 0 radical (unpaired) electrons. The van der Waals surface area contributed by atoms with Gasteiger partial charge in [0.05, 0.1) is 22.7 Å². The third kappa shape index (κ3) is 4.97. The van der Waals surface area contributed by atoms with Gasteiger partial charge in [0.1, 0.15) is 29.8 Å². The second-order valence-corrected chi connectivity index (χ2v) is 14.2. The fraction of sp³-hybridized carbons (Fsp3) is 0.514. The number of halogens is 2. The number of rotatable bonds is 7. The Bertz CT molecular complexity index is 1880. The first-order valence-corrected chi connectivity index (χ1v) is 16.9. The van der Waals surface area contributed by atoms with Crippen LogP contribution in [0.15, 0.2) is 30.3 Å². The van der Waals surface area contributed by atoms with Gasteiger partial charge in [-0.3, -0.25) is 4.90 Å². The van der Waals surface area contributed by atoms with Crippen LogP contribution in [0.2, 0.25) is 0 Å². The SMILES string of the molecule is Cc1cc(-c2nc(C)c3c(N4CC5CCC(C5)C4)nc(OC[C@@]45CCCN4C[C@H](F)C5)nc3c2F)c2c(CCC#N)cccc2c1. The summed E-state index contributed by atoms with van der Waals surface area (Å²) in [7, 11) is 0. The van der Waals surface area contributed by atoms with Gasteiger partial charge in [-0.1, -0.05) is 24.3 Å². The fourth-order valence-corrected chi connectivity index (χ4v) is 9.05. The number of ether oxygens (including phenoxy) is 1. The third-order valence-corrected chi connectivity index (χ3v) is 11.0. The molecule has 5 heterocycles. The van der Waals surface area contributed by atoms with Gasteiger partial charge in [-0.15, -0.1) is 0 Å². The second-order valence-electron chi connectivity index (χ2n) is 14.2. The van der Waals surface area contributed by atoms with E-state index >= 15 is 4.39 Å². The number of hydrogen-bond donors (Lipinski definition) is 0. The number of aromatic nitrogens is 3. The maximum Gasteiger partial charge on any atom is 0.319 e. The van der Waals surface area contributed by atoms with Crippen molar-refractivity contribution >= 4 is 27.5 Å². The lowest BCUT2D eigenvalue weighted by atomic mass is 9.92. The molecule has 0 N–H and O–H groups in total. The first-order valence-electron chi connectivity index (χ1n) is 16.9. The first-order chi connectivity index (χ1) is 22.3. The summed E-state index contributed by atoms with van der Waals surface area (Å²) in [5, 5.41) is 11.9. The van der Waals surface area contributed by atoms with Gasteiger partial charge in [0.2, 0.25) is 0 Å². The Morgan fingerprint density at radius 3 is 2.70 bits per heavy atom. The highest BCUT2D eigenvalue weighted by molar-refractivity contribution is 6.02. The van der Waals surface area contributed by atoms with Crippen LogP contribution in [0.3, 0.4) is 0 Å². The number of piperidine rings is 1. The van der Waals surface area contributed by atoms with E-state index in [0.717, 1.165) is 54.4 Å². The second kappa shape index (κ2) is 11.4. The Labute approximate surface area is 268 Å². The maximum absolute atomic E-state index is 17.1. The molecule has 2 unspecified atom stereocenters. The number of nitrogens with zero attached hydrogens (tertiary/aromatic N) is 6. The summed E-state index contributed by atoms with van der Waals surface area (Å²) in [6.07, 6.45) is 6.06. The van der Waals surface area contributed by atoms with Crippen molar-refractivity contribution < 1.29 is 13.5 Å². The standard InChI is InChI=1S/C37H40F2N6O/c1-22-14-27-7-3-6-26(8-4-12-40)31(27)29(15-22)33-32(39)34-30(23(2)41-33)35(44-18-24-9-10-25(16-24)19-44)43-36(42-34)46-21-37-11-5-13-45(37)20-28(38)17-37/h3,6-7,14-15,24-25,28H,4-5,8-11,13,16-21H2,1-2H3/t24?,25?,28-,37+/m1/s1. The number of benzene rings is 2. The summed E-state index contributed by atoms with van der Waals surface area (Å²) in [6, 6.07) is 12.5. The molecule has 1 saturated carbocycles. The van der Waals surface area contributed by atoms with Crippen LogP contribution in [0.5, 0.6) is 6.01 Å². The number of hydrogen-bond acceptors (Lipinski definition) is 7. The Morgan fingerprint density at radius 1 is 1.07 bits per heavy atom. The summed E-state index contributed by atoms with van der Waals surface area (Å²) in [5.41, 5.74) is 3.46. The van der Waals surface area contributed by atoms with Crippen molar-refractivity contribution in [2.45, 2.75) is 76.9 Å². The van der Waals surface area contributed by atoms with E-state index in [0.29, 0.717) is 60.1 Å². The molecule has 4 aliphatic rings. The van der Waals surface area contributed by atoms with Gasteiger partial charge in [0.15, 0.2) is 5.82 Å². The van der Waals surface area contributed by atoms with E-state index in [1.165, 1.54) is 19.3 Å². The van der Waals surface area contributed by atoms with Gasteiger partial charge in [-0.05, 0) is 98.7 Å². The van der Waals surface area contributed by atoms with E-state index < -0.39 is 12.0 Å². The van der Waals surface area contributed by atoms with Gasteiger partial charge >= 0.3 is 6.01 Å². The molecule has 9 heteroatoms. The van der Waals surface area contributed by atoms with Crippen molar-refractivity contribution in [3.05, 3.63) is 53.0 Å². The highest BCUT2D eigenvalue weighted by atomic mass is 19.1. The molecule has 4 aromatic rings. The predicted octanol–water partition coefficient (Wildman–Crippen LogP) is 7.25. The van der Waals surface area contributed by atoms with Gasteiger partial charge in [0, 0.05) is 38.0 Å². The third-order valence-electron chi connectivity index (χ3n) is 11.0. The van der Waals surface area contributed by atoms with E-state index in [9.17, 15) is 9.65 Å². The Hall–Kier alpha value is -3.90. The Morgan fingerprint density at radius 2 is 1.89 bits per heavy atom. The quantitative estimate of drug-likeness (QED) is 0.215. The molecule has 2 bridgehead atoms. The monoisotopic (exact) mass is 622 g/mol. The van der Waals surface area contributed by atoms with Crippen molar-refractivity contribution in [3.8, 4) is 23.3 Å². The molecule has 3 aliphatic heterocycles. The number of anilines is 1. The van der Waals surface area contributed by atoms with Gasteiger partial charge < -0.3 is 9.64 Å². The smallest absolute Gasteiger partial charge is 0.319 e. The average Bonchev–Trinajstić information content (AvgIpc) is 3.69. The van der Waals surface area contributed by atoms with Crippen molar-refractivity contribution in [1.82, 2.24) is 19.9 Å². The molecule has 1 aliphatic carbocycles. The van der Waals surface area contributed by atoms with Gasteiger partial charge in [-0.25, -0.2) is 13.8 Å². The summed E-state index contributed by atoms with van der Waals surface area (Å²) in [5.74, 6) is 1.39. The molecule has 0 spiro atoms. The van der Waals surface area contributed by atoms with E-state index in [4.69, 9.17) is 19.7 Å². The molecular weight excluding hydrogens is 582 g/mol. The van der Waals surface area contributed by atoms with Crippen LogP contribution in [-0.4, -0.2) is 64.3 Å². The molecule has 46 heavy (non-hydrogen) atoms. The molecule has 7 nitrogen and oxygen atoms in total. The van der Waals surface area contributed by atoms with Crippen molar-refractivity contribution in [3.63, 3.8) is 0 Å². The molecule has 238 valence electrons. The Balaban J connectivity index is 1.29. The lowest BCUT2D eigenvalue weighted by molar-refractivity contribution is 0.107. The summed E-state index contributed by atoms with van der Waals surface area (Å²) in [4.78, 5) is 19.2. The zero-order chi connectivity index (χ0) is 31.6. The van der Waals surface area contributed by atoms with Crippen molar-refractivity contribution in [1.29, 1.82) is 5.26 Å². The van der Waals surface area contributed by atoms with Crippen LogP contribution in [0.4, 0.5) is 14.6 Å². The number of nitriles is 1. The zero-order valence-electron chi connectivity index (χ0n) is 26.7. The molecule has 3 saturated heterocycles. The minimum absolute atomic E-state index is 0.142. The van der Waals surface area contributed by atoms with E-state index in [-0.39, 0.29) is 29.4 Å². The van der Waals surface area contributed by atoms with Crippen LogP contribution < -0.4 is 9.64 Å². The number of aryl methyl sites for hydroxylation is 3. The Kier molecular flexibility index (Phi) is 7.32. The zero-order valence-corrected chi connectivity index (χ0v) is 26.7. The lowest BCUT2D eigenvalue weighted by Crippen LogP contribution is -2.43. The topological polar surface area (TPSA) is 78.2 Å².